The molecule has 3 rings (SSSR count). The molecule has 1 heterocycles. The average molecular weight is 220 g/mol. The van der Waals surface area contributed by atoms with Crippen molar-refractivity contribution in [3.63, 3.8) is 0 Å². The Kier molecular flexibility index (Phi) is 2.52. The molecule has 1 saturated carbocycles. The first-order valence-electron chi connectivity index (χ1n) is 6.32. The normalized spacial score (nSPS) is 46.8. The smallest absolute Gasteiger partial charge is 0.0589 e. The van der Waals surface area contributed by atoms with E-state index in [1.165, 1.54) is 6.42 Å². The first-order valence-corrected chi connectivity index (χ1v) is 6.32. The van der Waals surface area contributed by atoms with E-state index in [4.69, 9.17) is 5.73 Å². The summed E-state index contributed by atoms with van der Waals surface area (Å²) >= 11 is 0. The van der Waals surface area contributed by atoms with E-state index < -0.39 is 0 Å². The number of hydrogen-bond acceptors (Lipinski definition) is 3. The molecule has 1 aliphatic heterocycles. The number of nitrogens with one attached hydrogen (secondary N) is 1. The van der Waals surface area contributed by atoms with Gasteiger partial charge in [0.15, 0.2) is 0 Å². The van der Waals surface area contributed by atoms with Gasteiger partial charge in [0.2, 0.25) is 0 Å². The fraction of sp³-hybridized carbons (Fsp3) is 0.692. The highest BCUT2D eigenvalue weighted by atomic mass is 16.3. The van der Waals surface area contributed by atoms with Gasteiger partial charge in [0, 0.05) is 24.2 Å². The van der Waals surface area contributed by atoms with Crippen molar-refractivity contribution in [3.05, 3.63) is 23.9 Å². The van der Waals surface area contributed by atoms with Crippen LogP contribution in [0, 0.1) is 17.8 Å². The van der Waals surface area contributed by atoms with Crippen molar-refractivity contribution in [2.24, 2.45) is 23.5 Å². The van der Waals surface area contributed by atoms with E-state index >= 15 is 0 Å². The molecular weight excluding hydrogens is 200 g/mol. The summed E-state index contributed by atoms with van der Waals surface area (Å²) in [7, 11) is 0. The van der Waals surface area contributed by atoms with Crippen LogP contribution in [0.2, 0.25) is 0 Å². The van der Waals surface area contributed by atoms with Crippen molar-refractivity contribution in [3.8, 4) is 0 Å². The van der Waals surface area contributed by atoms with Gasteiger partial charge in [0.25, 0.3) is 0 Å². The highest BCUT2D eigenvalue weighted by molar-refractivity contribution is 5.25. The number of aliphatic hydroxyl groups is 1. The molecule has 5 unspecified atom stereocenters. The van der Waals surface area contributed by atoms with Gasteiger partial charge in [0.05, 0.1) is 6.10 Å². The number of allylic oxidation sites excluding steroid dienone is 2. The lowest BCUT2D eigenvalue weighted by Crippen LogP contribution is -2.56. The summed E-state index contributed by atoms with van der Waals surface area (Å²) in [5.74, 6) is 1.31. The molecule has 2 fully saturated rings. The average Bonchev–Trinajstić information content (AvgIpc) is 2.28. The SMILES string of the molecule is NC1=CC2C(C=C1)CNC1CCCC(O)C12. The molecule has 3 aliphatic rings. The molecule has 0 aromatic rings. The van der Waals surface area contributed by atoms with Crippen LogP contribution in [-0.2, 0) is 0 Å². The minimum atomic E-state index is -0.158. The van der Waals surface area contributed by atoms with Gasteiger partial charge in [0.1, 0.15) is 0 Å². The van der Waals surface area contributed by atoms with E-state index in [1.807, 2.05) is 6.08 Å². The number of fused-ring (bicyclic) bond motifs is 3. The summed E-state index contributed by atoms with van der Waals surface area (Å²) in [6.45, 7) is 1.03. The molecule has 1 saturated heterocycles. The maximum Gasteiger partial charge on any atom is 0.0589 e. The minimum absolute atomic E-state index is 0.158. The summed E-state index contributed by atoms with van der Waals surface area (Å²) in [6, 6.07) is 0.487. The summed E-state index contributed by atoms with van der Waals surface area (Å²) in [4.78, 5) is 0. The van der Waals surface area contributed by atoms with E-state index in [2.05, 4.69) is 17.5 Å². The summed E-state index contributed by atoms with van der Waals surface area (Å²) in [6.07, 6.45) is 9.49. The van der Waals surface area contributed by atoms with Gasteiger partial charge in [-0.05, 0) is 37.2 Å². The molecule has 0 aromatic carbocycles. The first-order chi connectivity index (χ1) is 7.75. The molecule has 3 heteroatoms. The van der Waals surface area contributed by atoms with Gasteiger partial charge in [-0.3, -0.25) is 0 Å². The Morgan fingerprint density at radius 1 is 1.38 bits per heavy atom. The van der Waals surface area contributed by atoms with Gasteiger partial charge in [-0.1, -0.05) is 12.2 Å². The molecule has 4 N–H and O–H groups in total. The highest BCUT2D eigenvalue weighted by Gasteiger charge is 2.43. The Labute approximate surface area is 96.4 Å². The number of aliphatic hydroxyl groups excluding tert-OH is 1. The molecule has 0 aromatic heterocycles. The van der Waals surface area contributed by atoms with Crippen LogP contribution in [0.3, 0.4) is 0 Å². The highest BCUT2D eigenvalue weighted by Crippen LogP contribution is 2.40. The molecular formula is C13H20N2O. The zero-order valence-corrected chi connectivity index (χ0v) is 9.47. The quantitative estimate of drug-likeness (QED) is 0.565. The third-order valence-electron chi connectivity index (χ3n) is 4.40. The molecule has 0 bridgehead atoms. The third-order valence-corrected chi connectivity index (χ3v) is 4.40. The van der Waals surface area contributed by atoms with Gasteiger partial charge < -0.3 is 16.2 Å². The zero-order valence-electron chi connectivity index (χ0n) is 9.47. The molecule has 16 heavy (non-hydrogen) atoms. The van der Waals surface area contributed by atoms with Crippen molar-refractivity contribution in [2.75, 3.05) is 6.54 Å². The lowest BCUT2D eigenvalue weighted by atomic mass is 9.66. The molecule has 5 atom stereocenters. The van der Waals surface area contributed by atoms with E-state index in [0.29, 0.717) is 23.8 Å². The maximum atomic E-state index is 10.2. The molecule has 0 spiro atoms. The van der Waals surface area contributed by atoms with E-state index in [-0.39, 0.29) is 6.10 Å². The van der Waals surface area contributed by atoms with Crippen LogP contribution >= 0.6 is 0 Å². The van der Waals surface area contributed by atoms with Crippen molar-refractivity contribution in [1.29, 1.82) is 0 Å². The van der Waals surface area contributed by atoms with Crippen LogP contribution in [0.5, 0.6) is 0 Å². The van der Waals surface area contributed by atoms with E-state index in [1.54, 1.807) is 0 Å². The number of rotatable bonds is 0. The first kappa shape index (κ1) is 10.4. The Bertz CT molecular complexity index is 337. The van der Waals surface area contributed by atoms with Crippen molar-refractivity contribution < 1.29 is 5.11 Å². The fourth-order valence-corrected chi connectivity index (χ4v) is 3.62. The molecule has 0 amide bonds. The molecule has 88 valence electrons. The topological polar surface area (TPSA) is 58.3 Å². The van der Waals surface area contributed by atoms with Crippen LogP contribution in [-0.4, -0.2) is 23.8 Å². The number of nitrogens with two attached hydrogens (primary N) is 1. The van der Waals surface area contributed by atoms with E-state index in [0.717, 1.165) is 25.1 Å². The van der Waals surface area contributed by atoms with Crippen LogP contribution in [0.25, 0.3) is 0 Å². The van der Waals surface area contributed by atoms with Crippen molar-refractivity contribution in [2.45, 2.75) is 31.4 Å². The number of piperidine rings is 1. The lowest BCUT2D eigenvalue weighted by Gasteiger charge is -2.47. The lowest BCUT2D eigenvalue weighted by molar-refractivity contribution is -0.00269. The van der Waals surface area contributed by atoms with Crippen molar-refractivity contribution >= 4 is 0 Å². The van der Waals surface area contributed by atoms with E-state index in [9.17, 15) is 5.11 Å². The number of hydrogen-bond donors (Lipinski definition) is 3. The largest absolute Gasteiger partial charge is 0.399 e. The van der Waals surface area contributed by atoms with Crippen LogP contribution < -0.4 is 11.1 Å². The van der Waals surface area contributed by atoms with Crippen molar-refractivity contribution in [1.82, 2.24) is 5.32 Å². The molecule has 3 nitrogen and oxygen atoms in total. The van der Waals surface area contributed by atoms with Gasteiger partial charge in [-0.15, -0.1) is 0 Å². The monoisotopic (exact) mass is 220 g/mol. The molecule has 2 aliphatic carbocycles. The van der Waals surface area contributed by atoms with Crippen LogP contribution in [0.1, 0.15) is 19.3 Å². The predicted octanol–water partition coefficient (Wildman–Crippen LogP) is 0.764. The Morgan fingerprint density at radius 3 is 3.12 bits per heavy atom. The van der Waals surface area contributed by atoms with Gasteiger partial charge in [-0.25, -0.2) is 0 Å². The van der Waals surface area contributed by atoms with Crippen LogP contribution in [0.15, 0.2) is 23.9 Å². The third kappa shape index (κ3) is 1.59. The Hall–Kier alpha value is -0.800. The molecule has 0 radical (unpaired) electrons. The minimum Gasteiger partial charge on any atom is -0.399 e. The van der Waals surface area contributed by atoms with Crippen LogP contribution in [0.4, 0.5) is 0 Å². The van der Waals surface area contributed by atoms with Gasteiger partial charge in [-0.2, -0.15) is 0 Å². The Morgan fingerprint density at radius 2 is 2.25 bits per heavy atom. The summed E-state index contributed by atoms with van der Waals surface area (Å²) in [5, 5.41) is 13.8. The standard InChI is InChI=1S/C13H20N2O/c14-9-5-4-8-7-15-11-2-1-3-12(16)13(11)10(8)6-9/h4-6,8,10-13,15-16H,1-3,7,14H2. The second-order valence-corrected chi connectivity index (χ2v) is 5.36. The summed E-state index contributed by atoms with van der Waals surface area (Å²) in [5.41, 5.74) is 6.74. The predicted molar refractivity (Wildman–Crippen MR) is 63.5 cm³/mol. The zero-order chi connectivity index (χ0) is 11.1. The second-order valence-electron chi connectivity index (χ2n) is 5.36. The fourth-order valence-electron chi connectivity index (χ4n) is 3.62. The Balaban J connectivity index is 1.88. The maximum absolute atomic E-state index is 10.2. The van der Waals surface area contributed by atoms with Gasteiger partial charge >= 0.3 is 0 Å². The second kappa shape index (κ2) is 3.90. The summed E-state index contributed by atoms with van der Waals surface area (Å²) < 4.78 is 0.